The third-order valence-electron chi connectivity index (χ3n) is 3.78. The van der Waals surface area contributed by atoms with Gasteiger partial charge in [-0.3, -0.25) is 14.3 Å². The molecular formula is C19H18FN3O2S. The molecule has 1 heterocycles. The summed E-state index contributed by atoms with van der Waals surface area (Å²) in [4.78, 5) is 24.9. The van der Waals surface area contributed by atoms with Crippen LogP contribution in [0, 0.1) is 5.82 Å². The number of benzene rings is 2. The van der Waals surface area contributed by atoms with Crippen LogP contribution in [0.3, 0.4) is 0 Å². The summed E-state index contributed by atoms with van der Waals surface area (Å²) >= 11 is 1.62. The average Bonchev–Trinajstić information content (AvgIpc) is 2.65. The summed E-state index contributed by atoms with van der Waals surface area (Å²) in [5.74, 6) is 0.425. The van der Waals surface area contributed by atoms with Crippen molar-refractivity contribution in [3.63, 3.8) is 0 Å². The zero-order valence-electron chi connectivity index (χ0n) is 14.0. The minimum Gasteiger partial charge on any atom is -0.354 e. The Balaban J connectivity index is 1.47. The Morgan fingerprint density at radius 2 is 1.92 bits per heavy atom. The molecule has 0 saturated heterocycles. The number of fused-ring (bicyclic) bond motifs is 1. The summed E-state index contributed by atoms with van der Waals surface area (Å²) < 4.78 is 14.4. The molecule has 1 aromatic heterocycles. The van der Waals surface area contributed by atoms with Crippen LogP contribution in [-0.4, -0.2) is 28.0 Å². The summed E-state index contributed by atoms with van der Waals surface area (Å²) in [5, 5.41) is 7.45. The maximum absolute atomic E-state index is 12.8. The lowest BCUT2D eigenvalue weighted by Gasteiger charge is -2.09. The van der Waals surface area contributed by atoms with E-state index in [0.29, 0.717) is 17.4 Å². The number of carbonyl (C=O) groups is 1. The van der Waals surface area contributed by atoms with Gasteiger partial charge in [0, 0.05) is 16.8 Å². The molecule has 1 N–H and O–H groups in total. The van der Waals surface area contributed by atoms with Gasteiger partial charge in [-0.25, -0.2) is 4.39 Å². The Kier molecular flexibility index (Phi) is 6.01. The molecule has 3 rings (SSSR count). The van der Waals surface area contributed by atoms with Crippen LogP contribution in [0.15, 0.2) is 64.4 Å². The van der Waals surface area contributed by atoms with E-state index in [2.05, 4.69) is 10.4 Å². The van der Waals surface area contributed by atoms with E-state index >= 15 is 0 Å². The SMILES string of the molecule is O=C(Cn1ncc(=O)c2ccccc21)NCCCSc1ccc(F)cc1. The van der Waals surface area contributed by atoms with Gasteiger partial charge in [-0.15, -0.1) is 11.8 Å². The van der Waals surface area contributed by atoms with E-state index in [-0.39, 0.29) is 23.7 Å². The molecular weight excluding hydrogens is 353 g/mol. The quantitative estimate of drug-likeness (QED) is 0.512. The molecule has 0 unspecified atom stereocenters. The van der Waals surface area contributed by atoms with Crippen molar-refractivity contribution >= 4 is 28.6 Å². The lowest BCUT2D eigenvalue weighted by Crippen LogP contribution is -2.30. The number of rotatable bonds is 7. The van der Waals surface area contributed by atoms with Gasteiger partial charge in [0.25, 0.3) is 0 Å². The number of thioether (sulfide) groups is 1. The first-order valence-electron chi connectivity index (χ1n) is 8.23. The van der Waals surface area contributed by atoms with Gasteiger partial charge in [-0.2, -0.15) is 5.10 Å². The molecule has 0 spiro atoms. The highest BCUT2D eigenvalue weighted by atomic mass is 32.2. The standard InChI is InChI=1S/C19H18FN3O2S/c20-14-6-8-15(9-7-14)26-11-3-10-21-19(25)13-23-17-5-2-1-4-16(17)18(24)12-22-23/h1-2,4-9,12H,3,10-11,13H2,(H,21,25). The lowest BCUT2D eigenvalue weighted by molar-refractivity contribution is -0.121. The van der Waals surface area contributed by atoms with Gasteiger partial charge in [0.2, 0.25) is 11.3 Å². The van der Waals surface area contributed by atoms with Gasteiger partial charge in [0.15, 0.2) is 0 Å². The largest absolute Gasteiger partial charge is 0.354 e. The summed E-state index contributed by atoms with van der Waals surface area (Å²) in [6.07, 6.45) is 2.03. The van der Waals surface area contributed by atoms with E-state index in [0.717, 1.165) is 17.1 Å². The lowest BCUT2D eigenvalue weighted by atomic mass is 10.2. The fourth-order valence-electron chi connectivity index (χ4n) is 2.50. The highest BCUT2D eigenvalue weighted by Crippen LogP contribution is 2.18. The molecule has 0 aliphatic carbocycles. The van der Waals surface area contributed by atoms with Crippen LogP contribution < -0.4 is 10.7 Å². The van der Waals surface area contributed by atoms with E-state index in [9.17, 15) is 14.0 Å². The number of aromatic nitrogens is 2. The summed E-state index contributed by atoms with van der Waals surface area (Å²) in [5.41, 5.74) is 0.483. The van der Waals surface area contributed by atoms with E-state index in [1.165, 1.54) is 23.0 Å². The molecule has 3 aromatic rings. The minimum atomic E-state index is -0.245. The molecule has 1 amide bonds. The number of halogens is 1. The second-order valence-electron chi connectivity index (χ2n) is 5.69. The second-order valence-corrected chi connectivity index (χ2v) is 6.86. The molecule has 0 bridgehead atoms. The maximum Gasteiger partial charge on any atom is 0.241 e. The number of nitrogens with one attached hydrogen (secondary N) is 1. The molecule has 0 radical (unpaired) electrons. The molecule has 0 atom stereocenters. The van der Waals surface area contributed by atoms with Gasteiger partial charge >= 0.3 is 0 Å². The summed E-state index contributed by atoms with van der Waals surface area (Å²) in [6, 6.07) is 13.4. The Bertz CT molecular complexity index is 957. The first-order chi connectivity index (χ1) is 12.6. The molecule has 5 nitrogen and oxygen atoms in total. The van der Waals surface area contributed by atoms with Crippen LogP contribution in [0.2, 0.25) is 0 Å². The summed E-state index contributed by atoms with van der Waals surface area (Å²) in [7, 11) is 0. The Morgan fingerprint density at radius 3 is 2.73 bits per heavy atom. The smallest absolute Gasteiger partial charge is 0.241 e. The number of hydrogen-bond acceptors (Lipinski definition) is 4. The highest BCUT2D eigenvalue weighted by molar-refractivity contribution is 7.99. The Morgan fingerprint density at radius 1 is 1.15 bits per heavy atom. The van der Waals surface area contributed by atoms with Crippen molar-refractivity contribution in [2.75, 3.05) is 12.3 Å². The predicted molar refractivity (Wildman–Crippen MR) is 101 cm³/mol. The van der Waals surface area contributed by atoms with Gasteiger partial charge in [0.1, 0.15) is 12.4 Å². The van der Waals surface area contributed by atoms with Crippen LogP contribution >= 0.6 is 11.8 Å². The van der Waals surface area contributed by atoms with E-state index in [4.69, 9.17) is 0 Å². The predicted octanol–water partition coefficient (Wildman–Crippen LogP) is 2.83. The van der Waals surface area contributed by atoms with Crippen LogP contribution in [0.4, 0.5) is 4.39 Å². The minimum absolute atomic E-state index is 0.0614. The van der Waals surface area contributed by atoms with E-state index in [1.807, 2.05) is 6.07 Å². The van der Waals surface area contributed by atoms with Crippen LogP contribution in [0.5, 0.6) is 0 Å². The molecule has 0 saturated carbocycles. The molecule has 2 aromatic carbocycles. The molecule has 7 heteroatoms. The fraction of sp³-hybridized carbons (Fsp3) is 0.211. The van der Waals surface area contributed by atoms with Crippen LogP contribution in [-0.2, 0) is 11.3 Å². The van der Waals surface area contributed by atoms with Gasteiger partial charge in [-0.05, 0) is 48.6 Å². The number of carbonyl (C=O) groups excluding carboxylic acids is 1. The number of nitrogens with zero attached hydrogens (tertiary/aromatic N) is 2. The average molecular weight is 371 g/mol. The summed E-state index contributed by atoms with van der Waals surface area (Å²) in [6.45, 7) is 0.608. The van der Waals surface area contributed by atoms with E-state index in [1.54, 1.807) is 42.1 Å². The van der Waals surface area contributed by atoms with Gasteiger partial charge < -0.3 is 5.32 Å². The number of para-hydroxylation sites is 1. The maximum atomic E-state index is 12.8. The number of hydrogen-bond donors (Lipinski definition) is 1. The van der Waals surface area contributed by atoms with Crippen molar-refractivity contribution < 1.29 is 9.18 Å². The normalized spacial score (nSPS) is 10.8. The monoisotopic (exact) mass is 371 g/mol. The molecule has 0 fully saturated rings. The van der Waals surface area contributed by atoms with Crippen molar-refractivity contribution in [3.8, 4) is 0 Å². The van der Waals surface area contributed by atoms with Crippen molar-refractivity contribution in [3.05, 3.63) is 70.8 Å². The fourth-order valence-corrected chi connectivity index (χ4v) is 3.35. The number of amides is 1. The van der Waals surface area contributed by atoms with Gasteiger partial charge in [-0.1, -0.05) is 12.1 Å². The third-order valence-corrected chi connectivity index (χ3v) is 4.88. The molecule has 0 aliphatic rings. The highest BCUT2D eigenvalue weighted by Gasteiger charge is 2.07. The van der Waals surface area contributed by atoms with Gasteiger partial charge in [0.05, 0.1) is 11.7 Å². The van der Waals surface area contributed by atoms with Crippen molar-refractivity contribution in [1.82, 2.24) is 15.1 Å². The second kappa shape index (κ2) is 8.62. The van der Waals surface area contributed by atoms with E-state index < -0.39 is 0 Å². The van der Waals surface area contributed by atoms with Crippen molar-refractivity contribution in [1.29, 1.82) is 0 Å². The van der Waals surface area contributed by atoms with Crippen LogP contribution in [0.25, 0.3) is 10.9 Å². The molecule has 134 valence electrons. The van der Waals surface area contributed by atoms with Crippen LogP contribution in [0.1, 0.15) is 6.42 Å². The first kappa shape index (κ1) is 18.1. The van der Waals surface area contributed by atoms with Crippen molar-refractivity contribution in [2.45, 2.75) is 17.9 Å². The topological polar surface area (TPSA) is 64.0 Å². The third kappa shape index (κ3) is 4.70. The Labute approximate surface area is 154 Å². The van der Waals surface area contributed by atoms with Crippen molar-refractivity contribution in [2.24, 2.45) is 0 Å². The molecule has 26 heavy (non-hydrogen) atoms. The Hall–Kier alpha value is -2.67. The first-order valence-corrected chi connectivity index (χ1v) is 9.22. The molecule has 0 aliphatic heterocycles. The zero-order valence-corrected chi connectivity index (χ0v) is 14.8. The zero-order chi connectivity index (χ0) is 18.4.